The molecule has 0 aromatic carbocycles. The van der Waals surface area contributed by atoms with Gasteiger partial charge in [-0.3, -0.25) is 14.4 Å². The molecule has 0 radical (unpaired) electrons. The predicted molar refractivity (Wildman–Crippen MR) is 233 cm³/mol. The average Bonchev–Trinajstić information content (AvgIpc) is 3.17. The normalized spacial score (nSPS) is 15.5. The zero-order valence-electron chi connectivity index (χ0n) is 36.3. The fraction of sp³-hybridized carbons (Fsp3) is 0.935. The number of piperidine rings is 1. The van der Waals surface area contributed by atoms with Gasteiger partial charge >= 0.3 is 5.97 Å². The van der Waals surface area contributed by atoms with Gasteiger partial charge < -0.3 is 20.3 Å². The summed E-state index contributed by atoms with van der Waals surface area (Å²) in [7, 11) is 2.16. The Labute approximate surface area is 339 Å². The molecule has 1 saturated heterocycles. The molecule has 1 aliphatic heterocycles. The van der Waals surface area contributed by atoms with Crippen molar-refractivity contribution in [2.75, 3.05) is 44.8 Å². The Bertz CT molecular complexity index is 897. The van der Waals surface area contributed by atoms with Crippen LogP contribution in [0.3, 0.4) is 0 Å². The summed E-state index contributed by atoms with van der Waals surface area (Å²) >= 11 is 1.69. The molecule has 0 aromatic rings. The molecular formula is C46H89N3O4S. The number of hydrogen-bond acceptors (Lipinski definition) is 6. The van der Waals surface area contributed by atoms with Gasteiger partial charge in [0.05, 0.1) is 13.0 Å². The van der Waals surface area contributed by atoms with Crippen LogP contribution >= 0.6 is 11.8 Å². The van der Waals surface area contributed by atoms with E-state index in [1.54, 1.807) is 11.8 Å². The number of rotatable bonds is 37. The Morgan fingerprint density at radius 2 is 1.11 bits per heavy atom. The molecule has 2 amide bonds. The molecule has 318 valence electrons. The number of hydrogen-bond donors (Lipinski definition) is 2. The maximum atomic E-state index is 13.8. The minimum atomic E-state index is -0.540. The first-order chi connectivity index (χ1) is 26.3. The Balaban J connectivity index is 2.68. The molecule has 2 N–H and O–H groups in total. The van der Waals surface area contributed by atoms with E-state index < -0.39 is 6.04 Å². The summed E-state index contributed by atoms with van der Waals surface area (Å²) in [6, 6.07) is -0.540. The van der Waals surface area contributed by atoms with E-state index in [-0.39, 0.29) is 23.7 Å². The molecule has 3 atom stereocenters. The minimum absolute atomic E-state index is 0.0313. The van der Waals surface area contributed by atoms with Gasteiger partial charge in [0.15, 0.2) is 0 Å². The second-order valence-corrected chi connectivity index (χ2v) is 18.0. The van der Waals surface area contributed by atoms with E-state index in [9.17, 15) is 14.4 Å². The van der Waals surface area contributed by atoms with Crippen molar-refractivity contribution in [2.45, 2.75) is 214 Å². The second-order valence-electron chi connectivity index (χ2n) is 16.8. The number of nitrogens with one attached hydrogen (secondary N) is 2. The number of unbranched alkanes of at least 4 members (excludes halogenated alkanes) is 16. The fourth-order valence-corrected chi connectivity index (χ4v) is 8.63. The van der Waals surface area contributed by atoms with Crippen LogP contribution in [-0.2, 0) is 19.1 Å². The third kappa shape index (κ3) is 28.2. The molecule has 54 heavy (non-hydrogen) atoms. The zero-order valence-corrected chi connectivity index (χ0v) is 37.2. The summed E-state index contributed by atoms with van der Waals surface area (Å²) in [6.45, 7) is 12.3. The molecule has 0 aliphatic carbocycles. The highest BCUT2D eigenvalue weighted by molar-refractivity contribution is 7.99. The third-order valence-electron chi connectivity index (χ3n) is 11.6. The monoisotopic (exact) mass is 780 g/mol. The Kier molecular flexibility index (Phi) is 33.9. The Hall–Kier alpha value is -1.28. The number of thioether (sulfide) groups is 1. The molecule has 8 heteroatoms. The molecule has 0 aromatic heterocycles. The van der Waals surface area contributed by atoms with Gasteiger partial charge in [-0.2, -0.15) is 11.8 Å². The van der Waals surface area contributed by atoms with Gasteiger partial charge in [0.2, 0.25) is 11.8 Å². The highest BCUT2D eigenvalue weighted by Crippen LogP contribution is 2.22. The molecule has 0 saturated carbocycles. The Morgan fingerprint density at radius 3 is 1.65 bits per heavy atom. The SMILES string of the molecule is CCCCCCCCC(CCCCCC)COC(=O)CCSCCC(NC(=O)C(CCCCCC)CCCCCCCC)C(=O)NCC1CCN(C)CC1. The molecule has 0 spiro atoms. The van der Waals surface area contributed by atoms with E-state index in [1.165, 1.54) is 109 Å². The van der Waals surface area contributed by atoms with E-state index >= 15 is 0 Å². The van der Waals surface area contributed by atoms with Crippen molar-refractivity contribution in [2.24, 2.45) is 17.8 Å². The van der Waals surface area contributed by atoms with Gasteiger partial charge in [0.25, 0.3) is 0 Å². The Morgan fingerprint density at radius 1 is 0.630 bits per heavy atom. The van der Waals surface area contributed by atoms with Gasteiger partial charge in [0.1, 0.15) is 6.04 Å². The van der Waals surface area contributed by atoms with Crippen molar-refractivity contribution in [3.8, 4) is 0 Å². The third-order valence-corrected chi connectivity index (χ3v) is 12.6. The molecule has 7 nitrogen and oxygen atoms in total. The zero-order chi connectivity index (χ0) is 39.5. The lowest BCUT2D eigenvalue weighted by molar-refractivity contribution is -0.144. The molecule has 3 unspecified atom stereocenters. The van der Waals surface area contributed by atoms with Crippen molar-refractivity contribution in [1.29, 1.82) is 0 Å². The first-order valence-electron chi connectivity index (χ1n) is 23.3. The molecule has 1 aliphatic rings. The summed E-state index contributed by atoms with van der Waals surface area (Å²) in [4.78, 5) is 42.5. The van der Waals surface area contributed by atoms with E-state index in [1.807, 2.05) is 0 Å². The molecular weight excluding hydrogens is 691 g/mol. The number of carbonyl (C=O) groups is 3. The van der Waals surface area contributed by atoms with Crippen molar-refractivity contribution in [3.63, 3.8) is 0 Å². The fourth-order valence-electron chi connectivity index (χ4n) is 7.71. The summed E-state index contributed by atoms with van der Waals surface area (Å²) < 4.78 is 5.83. The van der Waals surface area contributed by atoms with Crippen LogP contribution in [0.25, 0.3) is 0 Å². The maximum Gasteiger partial charge on any atom is 0.306 e. The number of likely N-dealkylation sites (tertiary alicyclic amines) is 1. The van der Waals surface area contributed by atoms with Crippen LogP contribution in [0.1, 0.15) is 207 Å². The molecule has 1 heterocycles. The lowest BCUT2D eigenvalue weighted by atomic mass is 9.93. The van der Waals surface area contributed by atoms with Crippen LogP contribution in [-0.4, -0.2) is 73.5 Å². The first-order valence-corrected chi connectivity index (χ1v) is 24.5. The minimum Gasteiger partial charge on any atom is -0.465 e. The molecule has 1 rings (SSSR count). The molecule has 1 fully saturated rings. The topological polar surface area (TPSA) is 87.7 Å². The standard InChI is InChI=1S/C46H89N3O4S/c1-6-10-14-18-20-23-27-41(26-22-16-12-8-3)39-53-44(50)33-37-54-36-32-43(46(52)47-38-40-30-34-49(5)35-31-40)48-45(51)42(28-24-17-13-9-4)29-25-21-19-15-11-7-2/h40-43H,6-39H2,1-5H3,(H,47,52)(H,48,51). The largest absolute Gasteiger partial charge is 0.465 e. The molecule has 0 bridgehead atoms. The number of esters is 1. The highest BCUT2D eigenvalue weighted by atomic mass is 32.2. The summed E-state index contributed by atoms with van der Waals surface area (Å²) in [6.07, 6.45) is 32.0. The predicted octanol–water partition coefficient (Wildman–Crippen LogP) is 11.7. The number of amides is 2. The van der Waals surface area contributed by atoms with E-state index in [4.69, 9.17) is 4.74 Å². The van der Waals surface area contributed by atoms with Crippen molar-refractivity contribution < 1.29 is 19.1 Å². The quantitative estimate of drug-likeness (QED) is 0.0482. The number of ether oxygens (including phenoxy) is 1. The van der Waals surface area contributed by atoms with E-state index in [2.05, 4.69) is 50.3 Å². The van der Waals surface area contributed by atoms with Crippen LogP contribution < -0.4 is 10.6 Å². The van der Waals surface area contributed by atoms with Crippen LogP contribution in [0.4, 0.5) is 0 Å². The van der Waals surface area contributed by atoms with Gasteiger partial charge in [-0.25, -0.2) is 0 Å². The van der Waals surface area contributed by atoms with Crippen molar-refractivity contribution in [3.05, 3.63) is 0 Å². The average molecular weight is 780 g/mol. The van der Waals surface area contributed by atoms with Gasteiger partial charge in [-0.15, -0.1) is 0 Å². The van der Waals surface area contributed by atoms with Crippen LogP contribution in [0.15, 0.2) is 0 Å². The van der Waals surface area contributed by atoms with Crippen molar-refractivity contribution in [1.82, 2.24) is 15.5 Å². The van der Waals surface area contributed by atoms with Gasteiger partial charge in [-0.05, 0) is 82.7 Å². The van der Waals surface area contributed by atoms with Crippen molar-refractivity contribution >= 4 is 29.5 Å². The second kappa shape index (κ2) is 36.1. The van der Waals surface area contributed by atoms with Crippen LogP contribution in [0.2, 0.25) is 0 Å². The van der Waals surface area contributed by atoms with Crippen LogP contribution in [0, 0.1) is 17.8 Å². The van der Waals surface area contributed by atoms with E-state index in [0.717, 1.165) is 76.6 Å². The summed E-state index contributed by atoms with van der Waals surface area (Å²) in [5.74, 6) is 2.21. The number of nitrogens with zero attached hydrogens (tertiary/aromatic N) is 1. The van der Waals surface area contributed by atoms with Crippen LogP contribution in [0.5, 0.6) is 0 Å². The highest BCUT2D eigenvalue weighted by Gasteiger charge is 2.26. The number of carbonyl (C=O) groups excluding carboxylic acids is 3. The maximum absolute atomic E-state index is 13.8. The first kappa shape index (κ1) is 50.7. The summed E-state index contributed by atoms with van der Waals surface area (Å²) in [5, 5.41) is 6.46. The summed E-state index contributed by atoms with van der Waals surface area (Å²) in [5.41, 5.74) is 0. The van der Waals surface area contributed by atoms with Gasteiger partial charge in [-0.1, -0.05) is 156 Å². The smallest absolute Gasteiger partial charge is 0.306 e. The lowest BCUT2D eigenvalue weighted by Crippen LogP contribution is -2.50. The van der Waals surface area contributed by atoms with E-state index in [0.29, 0.717) is 43.6 Å². The lowest BCUT2D eigenvalue weighted by Gasteiger charge is -2.29. The van der Waals surface area contributed by atoms with Gasteiger partial charge in [0, 0.05) is 18.2 Å².